The van der Waals surface area contributed by atoms with Gasteiger partial charge < -0.3 is 75.1 Å². The van der Waals surface area contributed by atoms with Gasteiger partial charge in [-0.25, -0.2) is 14.4 Å². The average Bonchev–Trinajstić information content (AvgIpc) is 2.99. The lowest BCUT2D eigenvalue weighted by Crippen LogP contribution is -2.61. The first-order valence-electron chi connectivity index (χ1n) is 12.5. The Bertz CT molecular complexity index is 1730. The zero-order chi connectivity index (χ0) is 33.1. The van der Waals surface area contributed by atoms with Gasteiger partial charge in [-0.05, 0) is 24.3 Å². The molecule has 45 heavy (non-hydrogen) atoms. The number of aliphatic hydroxyl groups excluding tert-OH is 2. The second kappa shape index (κ2) is 11.0. The second-order valence-corrected chi connectivity index (χ2v) is 9.79. The minimum Gasteiger partial charge on any atom is -0.504 e. The summed E-state index contributed by atoms with van der Waals surface area (Å²) in [7, 11) is 0. The molecule has 0 aliphatic carbocycles. The standard InChI is InChI=1S/C27H22O18/c28-9-1-6(2-10(29)16(9)32)24(39)45-27-22(38)23-19(35)13(43-27)5-42-25(40)7-3-11(30)17(33)20(36)14(7)15-8(26(41)44-23)4-12(31)18(34)21(15)37/h1-4,13,19,22-23,27-38H,5H2/t13?,19-,22?,23-,27+/m1/s1. The number of esters is 3. The fourth-order valence-corrected chi connectivity index (χ4v) is 4.71. The predicted molar refractivity (Wildman–Crippen MR) is 139 cm³/mol. The van der Waals surface area contributed by atoms with Gasteiger partial charge in [0.15, 0.2) is 52.5 Å². The molecule has 0 spiro atoms. The minimum atomic E-state index is -2.22. The summed E-state index contributed by atoms with van der Waals surface area (Å²) < 4.78 is 20.8. The van der Waals surface area contributed by atoms with Crippen molar-refractivity contribution < 1.29 is 89.5 Å². The average molecular weight is 634 g/mol. The molecule has 2 heterocycles. The van der Waals surface area contributed by atoms with Gasteiger partial charge in [-0.3, -0.25) is 0 Å². The van der Waals surface area contributed by atoms with Gasteiger partial charge in [0.1, 0.15) is 18.8 Å². The highest BCUT2D eigenvalue weighted by Gasteiger charge is 2.50. The molecule has 0 radical (unpaired) electrons. The summed E-state index contributed by atoms with van der Waals surface area (Å²) in [5, 5.41) is 113. The molecule has 18 nitrogen and oxygen atoms in total. The topological polar surface area (TPSA) is 311 Å². The van der Waals surface area contributed by atoms with E-state index < -0.39 is 135 Å². The van der Waals surface area contributed by atoms with Crippen molar-refractivity contribution in [3.05, 3.63) is 41.0 Å². The maximum atomic E-state index is 13.5. The summed E-state index contributed by atoms with van der Waals surface area (Å²) >= 11 is 0. The number of aliphatic hydroxyl groups is 2. The van der Waals surface area contributed by atoms with Crippen LogP contribution in [0.5, 0.6) is 51.7 Å². The third-order valence-electron chi connectivity index (χ3n) is 6.99. The smallest absolute Gasteiger partial charge is 0.340 e. The van der Waals surface area contributed by atoms with Crippen molar-refractivity contribution in [2.45, 2.75) is 30.7 Å². The lowest BCUT2D eigenvalue weighted by atomic mass is 9.91. The number of carbonyl (C=O) groups excluding carboxylic acids is 3. The molecule has 2 aliphatic heterocycles. The highest BCUT2D eigenvalue weighted by atomic mass is 16.7. The number of fused-ring (bicyclic) bond motifs is 5. The van der Waals surface area contributed by atoms with Crippen LogP contribution < -0.4 is 0 Å². The molecule has 0 saturated carbocycles. The fraction of sp³-hybridized carbons (Fsp3) is 0.222. The molecular formula is C27H22O18. The molecule has 1 saturated heterocycles. The van der Waals surface area contributed by atoms with Gasteiger partial charge >= 0.3 is 17.9 Å². The van der Waals surface area contributed by atoms with E-state index in [-0.39, 0.29) is 0 Å². The van der Waals surface area contributed by atoms with Crippen LogP contribution in [0.25, 0.3) is 11.1 Å². The van der Waals surface area contributed by atoms with Crippen molar-refractivity contribution in [2.75, 3.05) is 6.61 Å². The van der Waals surface area contributed by atoms with E-state index in [0.717, 1.165) is 0 Å². The Hall–Kier alpha value is -5.85. The van der Waals surface area contributed by atoms with Gasteiger partial charge in [0, 0.05) is 11.1 Å². The van der Waals surface area contributed by atoms with Crippen LogP contribution in [0.15, 0.2) is 24.3 Å². The summed E-state index contributed by atoms with van der Waals surface area (Å²) in [5.74, 6) is -14.5. The van der Waals surface area contributed by atoms with Gasteiger partial charge in [-0.2, -0.15) is 0 Å². The zero-order valence-corrected chi connectivity index (χ0v) is 22.2. The van der Waals surface area contributed by atoms with Gasteiger partial charge in [0.25, 0.3) is 0 Å². The summed E-state index contributed by atoms with van der Waals surface area (Å²) in [6.45, 7) is -0.947. The molecule has 1 fully saturated rings. The summed E-state index contributed by atoms with van der Waals surface area (Å²) in [6, 6.07) is 2.45. The van der Waals surface area contributed by atoms with Crippen LogP contribution in [0.2, 0.25) is 0 Å². The highest BCUT2D eigenvalue weighted by Crippen LogP contribution is 2.53. The third-order valence-corrected chi connectivity index (χ3v) is 6.99. The SMILES string of the molecule is O=C(O[C@@H]1OC2COC(=O)c3cc(O)c(O)c(O)c3-c3c(cc(O)c(O)c3O)C(=O)O[C@@H](C1O)[C@@H]2O)c1cc(O)c(O)c(O)c1. The number of phenols is 9. The van der Waals surface area contributed by atoms with Gasteiger partial charge in [-0.15, -0.1) is 0 Å². The first-order chi connectivity index (χ1) is 21.1. The largest absolute Gasteiger partial charge is 0.504 e. The molecule has 2 aliphatic rings. The van der Waals surface area contributed by atoms with Crippen LogP contribution >= 0.6 is 0 Å². The van der Waals surface area contributed by atoms with Crippen molar-refractivity contribution in [1.29, 1.82) is 0 Å². The summed E-state index contributed by atoms with van der Waals surface area (Å²) in [5.41, 5.74) is -4.12. The van der Waals surface area contributed by atoms with Crippen LogP contribution in [-0.2, 0) is 18.9 Å². The molecule has 5 rings (SSSR count). The Morgan fingerprint density at radius 3 is 1.69 bits per heavy atom. The zero-order valence-electron chi connectivity index (χ0n) is 22.2. The molecule has 3 aromatic carbocycles. The Labute approximate surface area is 248 Å². The predicted octanol–water partition coefficient (Wildman–Crippen LogP) is -0.297. The molecule has 238 valence electrons. The van der Waals surface area contributed by atoms with Gasteiger partial charge in [0.05, 0.1) is 16.7 Å². The van der Waals surface area contributed by atoms with Gasteiger partial charge in [-0.1, -0.05) is 0 Å². The van der Waals surface area contributed by atoms with E-state index in [4.69, 9.17) is 18.9 Å². The molecular weight excluding hydrogens is 612 g/mol. The second-order valence-electron chi connectivity index (χ2n) is 9.79. The minimum absolute atomic E-state index is 0.508. The van der Waals surface area contributed by atoms with Crippen LogP contribution in [0, 0.1) is 0 Å². The number of hydrogen-bond acceptors (Lipinski definition) is 18. The molecule has 2 unspecified atom stereocenters. The molecule has 18 heteroatoms. The Morgan fingerprint density at radius 1 is 0.667 bits per heavy atom. The Balaban J connectivity index is 1.61. The number of carbonyl (C=O) groups is 3. The van der Waals surface area contributed by atoms with Crippen LogP contribution in [0.1, 0.15) is 31.1 Å². The van der Waals surface area contributed by atoms with Crippen LogP contribution in [0.3, 0.4) is 0 Å². The maximum Gasteiger partial charge on any atom is 0.340 e. The molecule has 11 N–H and O–H groups in total. The molecule has 0 aromatic heterocycles. The van der Waals surface area contributed by atoms with Crippen molar-refractivity contribution >= 4 is 17.9 Å². The van der Waals surface area contributed by atoms with Crippen molar-refractivity contribution in [2.24, 2.45) is 0 Å². The van der Waals surface area contributed by atoms with Crippen molar-refractivity contribution in [1.82, 2.24) is 0 Å². The monoisotopic (exact) mass is 634 g/mol. The summed E-state index contributed by atoms with van der Waals surface area (Å²) in [6.07, 6.45) is -10.2. The van der Waals surface area contributed by atoms with E-state index in [2.05, 4.69) is 0 Å². The Morgan fingerprint density at radius 2 is 1.16 bits per heavy atom. The van der Waals surface area contributed by atoms with E-state index in [1.807, 2.05) is 0 Å². The van der Waals surface area contributed by atoms with E-state index in [1.54, 1.807) is 0 Å². The number of rotatable bonds is 2. The maximum absolute atomic E-state index is 13.5. The van der Waals surface area contributed by atoms with Crippen LogP contribution in [0.4, 0.5) is 0 Å². The normalized spacial score (nSPS) is 22.9. The number of phenolic OH excluding ortho intramolecular Hbond substituents is 9. The number of cyclic esters (lactones) is 1. The number of benzene rings is 3. The molecule has 5 atom stereocenters. The molecule has 3 aromatic rings. The number of ether oxygens (including phenoxy) is 4. The number of hydrogen-bond donors (Lipinski definition) is 11. The Kier molecular flexibility index (Phi) is 7.49. The first-order valence-corrected chi connectivity index (χ1v) is 12.5. The summed E-state index contributed by atoms with van der Waals surface area (Å²) in [4.78, 5) is 39.4. The van der Waals surface area contributed by atoms with Gasteiger partial charge in [0.2, 0.25) is 17.8 Å². The van der Waals surface area contributed by atoms with Crippen molar-refractivity contribution in [3.8, 4) is 62.9 Å². The van der Waals surface area contributed by atoms with E-state index in [9.17, 15) is 70.6 Å². The quantitative estimate of drug-likeness (QED) is 0.0979. The lowest BCUT2D eigenvalue weighted by molar-refractivity contribution is -0.284. The number of aromatic hydroxyl groups is 9. The first kappa shape index (κ1) is 30.6. The highest BCUT2D eigenvalue weighted by molar-refractivity contribution is 6.08. The lowest BCUT2D eigenvalue weighted by Gasteiger charge is -2.41. The van der Waals surface area contributed by atoms with E-state index >= 15 is 0 Å². The fourth-order valence-electron chi connectivity index (χ4n) is 4.71. The van der Waals surface area contributed by atoms with Crippen LogP contribution in [-0.4, -0.2) is 111 Å². The van der Waals surface area contributed by atoms with Crippen molar-refractivity contribution in [3.63, 3.8) is 0 Å². The van der Waals surface area contributed by atoms with E-state index in [0.29, 0.717) is 24.3 Å². The van der Waals surface area contributed by atoms with E-state index in [1.165, 1.54) is 0 Å². The third kappa shape index (κ3) is 5.07. The molecule has 0 amide bonds. The molecule has 2 bridgehead atoms.